The molecular formula is C13H18ClN. The predicted molar refractivity (Wildman–Crippen MR) is 64.5 cm³/mol. The van der Waals surface area contributed by atoms with Crippen LogP contribution in [0.4, 0.5) is 0 Å². The Hall–Kier alpha value is -0.560. The zero-order valence-electron chi connectivity index (χ0n) is 9.35. The van der Waals surface area contributed by atoms with Gasteiger partial charge in [-0.25, -0.2) is 4.98 Å². The average Bonchev–Trinajstić information content (AvgIpc) is 2.19. The van der Waals surface area contributed by atoms with Gasteiger partial charge in [0.1, 0.15) is 5.15 Å². The molecular weight excluding hydrogens is 206 g/mol. The number of aryl methyl sites for hydroxylation is 2. The molecule has 0 radical (unpaired) electrons. The van der Waals surface area contributed by atoms with Crippen molar-refractivity contribution in [2.45, 2.75) is 51.9 Å². The molecule has 0 N–H and O–H groups in total. The highest BCUT2D eigenvalue weighted by Crippen LogP contribution is 2.25. The van der Waals surface area contributed by atoms with E-state index in [4.69, 9.17) is 11.6 Å². The average molecular weight is 224 g/mol. The first-order valence-corrected chi connectivity index (χ1v) is 6.36. The molecule has 82 valence electrons. The van der Waals surface area contributed by atoms with Crippen LogP contribution in [0, 0.1) is 0 Å². The third kappa shape index (κ3) is 2.52. The van der Waals surface area contributed by atoms with Gasteiger partial charge in [-0.3, -0.25) is 0 Å². The fourth-order valence-electron chi connectivity index (χ4n) is 2.44. The van der Waals surface area contributed by atoms with Gasteiger partial charge in [0.15, 0.2) is 0 Å². The summed E-state index contributed by atoms with van der Waals surface area (Å²) in [6.07, 6.45) is 8.72. The van der Waals surface area contributed by atoms with Gasteiger partial charge in [-0.2, -0.15) is 0 Å². The van der Waals surface area contributed by atoms with E-state index in [0.29, 0.717) is 5.15 Å². The summed E-state index contributed by atoms with van der Waals surface area (Å²) in [6.45, 7) is 2.16. The molecule has 15 heavy (non-hydrogen) atoms. The highest BCUT2D eigenvalue weighted by molar-refractivity contribution is 6.29. The second kappa shape index (κ2) is 4.98. The zero-order valence-corrected chi connectivity index (χ0v) is 10.1. The van der Waals surface area contributed by atoms with Crippen LogP contribution >= 0.6 is 11.6 Å². The van der Waals surface area contributed by atoms with Crippen molar-refractivity contribution in [1.82, 2.24) is 4.98 Å². The predicted octanol–water partition coefficient (Wildman–Crippen LogP) is 3.96. The summed E-state index contributed by atoms with van der Waals surface area (Å²) in [5.74, 6) is 0. The molecule has 0 saturated heterocycles. The summed E-state index contributed by atoms with van der Waals surface area (Å²) in [6, 6.07) is 2.07. The lowest BCUT2D eigenvalue weighted by Crippen LogP contribution is -2.06. The molecule has 0 fully saturated rings. The molecule has 0 saturated carbocycles. The molecule has 0 amide bonds. The lowest BCUT2D eigenvalue weighted by molar-refractivity contribution is 0.612. The van der Waals surface area contributed by atoms with Crippen molar-refractivity contribution in [1.29, 1.82) is 0 Å². The third-order valence-corrected chi connectivity index (χ3v) is 3.42. The second-order valence-corrected chi connectivity index (χ2v) is 4.68. The summed E-state index contributed by atoms with van der Waals surface area (Å²) in [5.41, 5.74) is 4.16. The molecule has 1 heterocycles. The van der Waals surface area contributed by atoms with Gasteiger partial charge in [0, 0.05) is 5.69 Å². The molecule has 2 heteroatoms. The van der Waals surface area contributed by atoms with Gasteiger partial charge in [0.2, 0.25) is 0 Å². The Kier molecular flexibility index (Phi) is 3.63. The van der Waals surface area contributed by atoms with Crippen LogP contribution in [0.3, 0.4) is 0 Å². The Morgan fingerprint density at radius 2 is 1.93 bits per heavy atom. The Labute approximate surface area is 96.9 Å². The van der Waals surface area contributed by atoms with Crippen molar-refractivity contribution < 1.29 is 0 Å². The minimum atomic E-state index is 0.672. The quantitative estimate of drug-likeness (QED) is 0.657. The van der Waals surface area contributed by atoms with Crippen LogP contribution in [0.25, 0.3) is 0 Å². The Morgan fingerprint density at radius 1 is 1.20 bits per heavy atom. The number of rotatable bonds is 1. The van der Waals surface area contributed by atoms with Gasteiger partial charge in [0.05, 0.1) is 0 Å². The van der Waals surface area contributed by atoms with Crippen LogP contribution in [-0.4, -0.2) is 4.98 Å². The van der Waals surface area contributed by atoms with E-state index >= 15 is 0 Å². The monoisotopic (exact) mass is 223 g/mol. The molecule has 0 aliphatic heterocycles. The minimum absolute atomic E-state index is 0.672. The Morgan fingerprint density at radius 3 is 2.67 bits per heavy atom. The standard InChI is InChI=1S/C13H18ClN/c1-2-12-11-8-6-4-3-5-7-10(11)9-13(14)15-12/h9H,2-8H2,1H3. The van der Waals surface area contributed by atoms with Crippen LogP contribution in [0.15, 0.2) is 6.07 Å². The molecule has 1 aromatic rings. The van der Waals surface area contributed by atoms with Crippen molar-refractivity contribution in [2.24, 2.45) is 0 Å². The van der Waals surface area contributed by atoms with Crippen LogP contribution in [0.1, 0.15) is 49.4 Å². The van der Waals surface area contributed by atoms with Crippen molar-refractivity contribution in [3.05, 3.63) is 28.0 Å². The highest BCUT2D eigenvalue weighted by Gasteiger charge is 2.12. The summed E-state index contributed by atoms with van der Waals surface area (Å²) in [7, 11) is 0. The summed E-state index contributed by atoms with van der Waals surface area (Å²) in [5, 5.41) is 0.672. The largest absolute Gasteiger partial charge is 0.241 e. The molecule has 0 aromatic carbocycles. The van der Waals surface area contributed by atoms with E-state index in [1.54, 1.807) is 0 Å². The van der Waals surface area contributed by atoms with Crippen molar-refractivity contribution in [3.63, 3.8) is 0 Å². The van der Waals surface area contributed by atoms with E-state index in [1.807, 2.05) is 0 Å². The number of nitrogens with zero attached hydrogens (tertiary/aromatic N) is 1. The maximum atomic E-state index is 6.04. The van der Waals surface area contributed by atoms with E-state index in [2.05, 4.69) is 18.0 Å². The Bertz CT molecular complexity index is 347. The van der Waals surface area contributed by atoms with Gasteiger partial charge >= 0.3 is 0 Å². The maximum Gasteiger partial charge on any atom is 0.129 e. The van der Waals surface area contributed by atoms with Crippen LogP contribution < -0.4 is 0 Å². The summed E-state index contributed by atoms with van der Waals surface area (Å²) >= 11 is 6.04. The normalized spacial score (nSPS) is 16.7. The molecule has 1 aliphatic rings. The van der Waals surface area contributed by atoms with E-state index in [9.17, 15) is 0 Å². The van der Waals surface area contributed by atoms with Crippen LogP contribution in [-0.2, 0) is 19.3 Å². The first kappa shape index (κ1) is 10.9. The van der Waals surface area contributed by atoms with Crippen LogP contribution in [0.5, 0.6) is 0 Å². The van der Waals surface area contributed by atoms with Gasteiger partial charge in [-0.15, -0.1) is 0 Å². The van der Waals surface area contributed by atoms with Gasteiger partial charge in [0.25, 0.3) is 0 Å². The lowest BCUT2D eigenvalue weighted by Gasteiger charge is -2.16. The number of fused-ring (bicyclic) bond motifs is 1. The molecule has 0 unspecified atom stereocenters. The number of aromatic nitrogens is 1. The Balaban J connectivity index is 2.40. The molecule has 0 spiro atoms. The van der Waals surface area contributed by atoms with Gasteiger partial charge in [-0.1, -0.05) is 31.4 Å². The third-order valence-electron chi connectivity index (χ3n) is 3.23. The summed E-state index contributed by atoms with van der Waals surface area (Å²) < 4.78 is 0. The first-order chi connectivity index (χ1) is 7.31. The SMILES string of the molecule is CCc1nc(Cl)cc2c1CCCCCC2. The molecule has 1 aromatic heterocycles. The highest BCUT2D eigenvalue weighted by atomic mass is 35.5. The second-order valence-electron chi connectivity index (χ2n) is 4.30. The fraction of sp³-hybridized carbons (Fsp3) is 0.615. The summed E-state index contributed by atoms with van der Waals surface area (Å²) in [4.78, 5) is 4.44. The fourth-order valence-corrected chi connectivity index (χ4v) is 2.67. The molecule has 0 atom stereocenters. The molecule has 0 bridgehead atoms. The molecule has 1 nitrogen and oxygen atoms in total. The molecule has 2 rings (SSSR count). The first-order valence-electron chi connectivity index (χ1n) is 5.98. The van der Waals surface area contributed by atoms with Crippen molar-refractivity contribution >= 4 is 11.6 Å². The van der Waals surface area contributed by atoms with Gasteiger partial charge < -0.3 is 0 Å². The number of halogens is 1. The van der Waals surface area contributed by atoms with E-state index < -0.39 is 0 Å². The van der Waals surface area contributed by atoms with Crippen LogP contribution in [0.2, 0.25) is 5.15 Å². The zero-order chi connectivity index (χ0) is 10.7. The minimum Gasteiger partial charge on any atom is -0.241 e. The van der Waals surface area contributed by atoms with E-state index in [1.165, 1.54) is 55.3 Å². The molecule has 1 aliphatic carbocycles. The number of pyridine rings is 1. The van der Waals surface area contributed by atoms with Crippen molar-refractivity contribution in [2.75, 3.05) is 0 Å². The smallest absolute Gasteiger partial charge is 0.129 e. The van der Waals surface area contributed by atoms with Crippen molar-refractivity contribution in [3.8, 4) is 0 Å². The maximum absolute atomic E-state index is 6.04. The van der Waals surface area contributed by atoms with Gasteiger partial charge in [-0.05, 0) is 49.3 Å². The topological polar surface area (TPSA) is 12.9 Å². The number of hydrogen-bond acceptors (Lipinski definition) is 1. The van der Waals surface area contributed by atoms with E-state index in [0.717, 1.165) is 6.42 Å². The lowest BCUT2D eigenvalue weighted by atomic mass is 9.92. The van der Waals surface area contributed by atoms with E-state index in [-0.39, 0.29) is 0 Å². The number of hydrogen-bond donors (Lipinski definition) is 0.